The van der Waals surface area contributed by atoms with Crippen LogP contribution in [-0.4, -0.2) is 59.6 Å². The van der Waals surface area contributed by atoms with Gasteiger partial charge in [-0.3, -0.25) is 9.89 Å². The molecule has 2 heterocycles. The van der Waals surface area contributed by atoms with E-state index >= 15 is 0 Å². The molecule has 3 rings (SSSR count). The number of halogens is 1. The minimum atomic E-state index is 0. The first-order chi connectivity index (χ1) is 12.6. The zero-order valence-electron chi connectivity index (χ0n) is 16.8. The van der Waals surface area contributed by atoms with Crippen LogP contribution in [0.15, 0.2) is 29.3 Å². The average Bonchev–Trinajstić information content (AvgIpc) is 3.20. The van der Waals surface area contributed by atoms with E-state index in [2.05, 4.69) is 57.3 Å². The lowest BCUT2D eigenvalue weighted by molar-refractivity contribution is 0.265. The lowest BCUT2D eigenvalue weighted by Gasteiger charge is -2.21. The monoisotopic (exact) mass is 484 g/mol. The highest BCUT2D eigenvalue weighted by Gasteiger charge is 2.31. The topological polar surface area (TPSA) is 68.3 Å². The summed E-state index contributed by atoms with van der Waals surface area (Å²) in [7, 11) is 1.84. The van der Waals surface area contributed by atoms with Crippen LogP contribution in [0.3, 0.4) is 0 Å². The quantitative estimate of drug-likeness (QED) is 0.255. The molecule has 27 heavy (non-hydrogen) atoms. The molecule has 1 aromatic carbocycles. The lowest BCUT2D eigenvalue weighted by atomic mass is 10.1. The number of aliphatic imine (C=N–C) groups is 1. The first kappa shape index (κ1) is 21.9. The molecule has 1 aliphatic heterocycles. The maximum Gasteiger partial charge on any atom is 0.191 e. The third kappa shape index (κ3) is 5.81. The van der Waals surface area contributed by atoms with Gasteiger partial charge in [-0.15, -0.1) is 24.0 Å². The molecule has 6 nitrogen and oxygen atoms in total. The molecule has 1 aromatic heterocycles. The summed E-state index contributed by atoms with van der Waals surface area (Å²) in [4.78, 5) is 14.9. The lowest BCUT2D eigenvalue weighted by Crippen LogP contribution is -2.47. The SMILES string of the molecule is CN=C(NCCCc1nc2ccccc2[nH]1)NC1CN(C(C)C)CC1C.I. The summed E-state index contributed by atoms with van der Waals surface area (Å²) in [6.45, 7) is 9.96. The van der Waals surface area contributed by atoms with E-state index < -0.39 is 0 Å². The average molecular weight is 484 g/mol. The van der Waals surface area contributed by atoms with E-state index in [1.165, 1.54) is 0 Å². The van der Waals surface area contributed by atoms with Crippen LogP contribution in [0.1, 0.15) is 33.0 Å². The number of aromatic nitrogens is 2. The third-order valence-electron chi connectivity index (χ3n) is 5.24. The van der Waals surface area contributed by atoms with Crippen LogP contribution in [0.25, 0.3) is 11.0 Å². The molecule has 2 unspecified atom stereocenters. The number of hydrogen-bond donors (Lipinski definition) is 3. The number of aromatic amines is 1. The molecule has 1 aliphatic rings. The number of rotatable bonds is 6. The van der Waals surface area contributed by atoms with Crippen LogP contribution in [-0.2, 0) is 6.42 Å². The van der Waals surface area contributed by atoms with Crippen LogP contribution in [0, 0.1) is 5.92 Å². The van der Waals surface area contributed by atoms with Gasteiger partial charge in [0.15, 0.2) is 5.96 Å². The Labute approximate surface area is 179 Å². The fraction of sp³-hybridized carbons (Fsp3) is 0.600. The van der Waals surface area contributed by atoms with Crippen molar-refractivity contribution in [3.63, 3.8) is 0 Å². The fourth-order valence-corrected chi connectivity index (χ4v) is 3.57. The van der Waals surface area contributed by atoms with Crippen molar-refractivity contribution in [1.82, 2.24) is 25.5 Å². The number of para-hydroxylation sites is 2. The number of likely N-dealkylation sites (tertiary alicyclic amines) is 1. The molecule has 0 radical (unpaired) electrons. The van der Waals surface area contributed by atoms with Crippen molar-refractivity contribution >= 4 is 41.0 Å². The molecule has 150 valence electrons. The zero-order valence-corrected chi connectivity index (χ0v) is 19.2. The first-order valence-corrected chi connectivity index (χ1v) is 9.71. The Morgan fingerprint density at radius 2 is 2.11 bits per heavy atom. The number of hydrogen-bond acceptors (Lipinski definition) is 3. The largest absolute Gasteiger partial charge is 0.356 e. The predicted molar refractivity (Wildman–Crippen MR) is 124 cm³/mol. The summed E-state index contributed by atoms with van der Waals surface area (Å²) < 4.78 is 0. The second-order valence-electron chi connectivity index (χ2n) is 7.58. The highest BCUT2D eigenvalue weighted by atomic mass is 127. The van der Waals surface area contributed by atoms with Gasteiger partial charge in [-0.1, -0.05) is 19.1 Å². The van der Waals surface area contributed by atoms with Crippen LogP contribution in [0.4, 0.5) is 0 Å². The van der Waals surface area contributed by atoms with Gasteiger partial charge in [0.05, 0.1) is 11.0 Å². The van der Waals surface area contributed by atoms with Gasteiger partial charge < -0.3 is 15.6 Å². The van der Waals surface area contributed by atoms with Crippen molar-refractivity contribution in [1.29, 1.82) is 0 Å². The number of nitrogens with one attached hydrogen (secondary N) is 3. The van der Waals surface area contributed by atoms with Gasteiger partial charge in [0, 0.05) is 45.2 Å². The number of benzene rings is 1. The predicted octanol–water partition coefficient (Wildman–Crippen LogP) is 3.01. The molecule has 7 heteroatoms. The van der Waals surface area contributed by atoms with Gasteiger partial charge in [-0.05, 0) is 38.3 Å². The summed E-state index contributed by atoms with van der Waals surface area (Å²) in [6, 6.07) is 9.23. The minimum absolute atomic E-state index is 0. The Kier molecular flexibility index (Phi) is 8.34. The molecule has 3 N–H and O–H groups in total. The van der Waals surface area contributed by atoms with E-state index in [0.717, 1.165) is 55.3 Å². The Morgan fingerprint density at radius 1 is 1.33 bits per heavy atom. The number of imidazole rings is 1. The normalized spacial score (nSPS) is 20.9. The van der Waals surface area contributed by atoms with Crippen LogP contribution in [0.2, 0.25) is 0 Å². The molecule has 0 bridgehead atoms. The first-order valence-electron chi connectivity index (χ1n) is 9.71. The Morgan fingerprint density at radius 3 is 2.78 bits per heavy atom. The molecule has 1 fully saturated rings. The van der Waals surface area contributed by atoms with E-state index in [-0.39, 0.29) is 24.0 Å². The van der Waals surface area contributed by atoms with Crippen molar-refractivity contribution in [2.24, 2.45) is 10.9 Å². The van der Waals surface area contributed by atoms with Gasteiger partial charge >= 0.3 is 0 Å². The molecule has 2 atom stereocenters. The number of guanidine groups is 1. The second kappa shape index (κ2) is 10.3. The van der Waals surface area contributed by atoms with Crippen LogP contribution in [0.5, 0.6) is 0 Å². The van der Waals surface area contributed by atoms with Gasteiger partial charge in [-0.2, -0.15) is 0 Å². The highest BCUT2D eigenvalue weighted by Crippen LogP contribution is 2.18. The summed E-state index contributed by atoms with van der Waals surface area (Å²) >= 11 is 0. The standard InChI is InChI=1S/C20H32N6.HI/c1-14(2)26-12-15(3)18(13-26)25-20(21-4)22-11-7-10-19-23-16-8-5-6-9-17(16)24-19;/h5-6,8-9,14-15,18H,7,10-13H2,1-4H3,(H,23,24)(H2,21,22,25);1H. The zero-order chi connectivity index (χ0) is 18.5. The molecule has 2 aromatic rings. The van der Waals surface area contributed by atoms with Gasteiger partial charge in [0.25, 0.3) is 0 Å². The molecular weight excluding hydrogens is 451 g/mol. The number of nitrogens with zero attached hydrogens (tertiary/aromatic N) is 3. The second-order valence-corrected chi connectivity index (χ2v) is 7.58. The Bertz CT molecular complexity index is 708. The highest BCUT2D eigenvalue weighted by molar-refractivity contribution is 14.0. The van der Waals surface area contributed by atoms with E-state index in [0.29, 0.717) is 18.0 Å². The maximum atomic E-state index is 4.63. The number of fused-ring (bicyclic) bond motifs is 1. The minimum Gasteiger partial charge on any atom is -0.356 e. The summed E-state index contributed by atoms with van der Waals surface area (Å²) in [5, 5.41) is 7.04. The molecular formula is C20H33IN6. The van der Waals surface area contributed by atoms with E-state index in [4.69, 9.17) is 0 Å². The summed E-state index contributed by atoms with van der Waals surface area (Å²) in [6.07, 6.45) is 1.94. The molecule has 0 spiro atoms. The summed E-state index contributed by atoms with van der Waals surface area (Å²) in [5.41, 5.74) is 2.15. The third-order valence-corrected chi connectivity index (χ3v) is 5.24. The maximum absolute atomic E-state index is 4.63. The molecule has 0 amide bonds. The van der Waals surface area contributed by atoms with Crippen LogP contribution < -0.4 is 10.6 Å². The van der Waals surface area contributed by atoms with Crippen LogP contribution >= 0.6 is 24.0 Å². The van der Waals surface area contributed by atoms with E-state index in [1.807, 2.05) is 25.2 Å². The summed E-state index contributed by atoms with van der Waals surface area (Å²) in [5.74, 6) is 2.58. The van der Waals surface area contributed by atoms with Crippen molar-refractivity contribution in [3.8, 4) is 0 Å². The van der Waals surface area contributed by atoms with Gasteiger partial charge in [-0.25, -0.2) is 4.98 Å². The van der Waals surface area contributed by atoms with E-state index in [1.54, 1.807) is 0 Å². The Balaban J connectivity index is 0.00000261. The van der Waals surface area contributed by atoms with Gasteiger partial charge in [0.2, 0.25) is 0 Å². The van der Waals surface area contributed by atoms with Crippen molar-refractivity contribution in [2.45, 2.75) is 45.7 Å². The Hall–Kier alpha value is -1.35. The van der Waals surface area contributed by atoms with Crippen molar-refractivity contribution in [3.05, 3.63) is 30.1 Å². The molecule has 0 aliphatic carbocycles. The van der Waals surface area contributed by atoms with Crippen molar-refractivity contribution in [2.75, 3.05) is 26.7 Å². The molecule has 0 saturated carbocycles. The smallest absolute Gasteiger partial charge is 0.191 e. The number of aryl methyl sites for hydroxylation is 1. The van der Waals surface area contributed by atoms with Gasteiger partial charge in [0.1, 0.15) is 5.82 Å². The molecule has 1 saturated heterocycles. The number of H-pyrrole nitrogens is 1. The van der Waals surface area contributed by atoms with E-state index in [9.17, 15) is 0 Å². The van der Waals surface area contributed by atoms with Crippen molar-refractivity contribution < 1.29 is 0 Å². The fourth-order valence-electron chi connectivity index (χ4n) is 3.57.